The summed E-state index contributed by atoms with van der Waals surface area (Å²) in [7, 11) is 1.81. The zero-order valence-corrected chi connectivity index (χ0v) is 14.4. The second-order valence-corrected chi connectivity index (χ2v) is 6.97. The molecular weight excluding hydrogens is 288 g/mol. The van der Waals surface area contributed by atoms with E-state index in [4.69, 9.17) is 0 Å². The van der Waals surface area contributed by atoms with Crippen LogP contribution < -0.4 is 0 Å². The summed E-state index contributed by atoms with van der Waals surface area (Å²) in [4.78, 5) is 27.7. The lowest BCUT2D eigenvalue weighted by Gasteiger charge is -2.42. The van der Waals surface area contributed by atoms with Crippen molar-refractivity contribution in [3.63, 3.8) is 0 Å². The van der Waals surface area contributed by atoms with Crippen LogP contribution in [0, 0.1) is 5.41 Å². The summed E-state index contributed by atoms with van der Waals surface area (Å²) >= 11 is 1.71. The van der Waals surface area contributed by atoms with Gasteiger partial charge >= 0.3 is 12.0 Å². The van der Waals surface area contributed by atoms with E-state index in [2.05, 4.69) is 0 Å². The van der Waals surface area contributed by atoms with Crippen molar-refractivity contribution in [3.8, 4) is 0 Å². The van der Waals surface area contributed by atoms with Crippen molar-refractivity contribution in [1.82, 2.24) is 9.80 Å². The monoisotopic (exact) mass is 316 g/mol. The largest absolute Gasteiger partial charge is 0.481 e. The summed E-state index contributed by atoms with van der Waals surface area (Å²) in [6, 6.07) is 0.109. The van der Waals surface area contributed by atoms with Crippen LogP contribution in [0.15, 0.2) is 0 Å². The highest BCUT2D eigenvalue weighted by Gasteiger charge is 2.43. The normalized spacial score (nSPS) is 23.7. The number of carbonyl (C=O) groups is 2. The first kappa shape index (κ1) is 18.1. The molecule has 1 N–H and O–H groups in total. The molecule has 0 saturated carbocycles. The molecule has 1 heterocycles. The number of hydrogen-bond donors (Lipinski definition) is 1. The van der Waals surface area contributed by atoms with Gasteiger partial charge in [-0.1, -0.05) is 13.3 Å². The van der Waals surface area contributed by atoms with Gasteiger partial charge in [-0.3, -0.25) is 4.79 Å². The number of amides is 2. The molecule has 21 heavy (non-hydrogen) atoms. The molecule has 1 aliphatic heterocycles. The van der Waals surface area contributed by atoms with E-state index in [0.717, 1.165) is 18.6 Å². The Labute approximate surface area is 132 Å². The van der Waals surface area contributed by atoms with Crippen molar-refractivity contribution in [2.75, 3.05) is 32.1 Å². The molecule has 0 aromatic heterocycles. The molecular formula is C15H28N2O3S. The molecule has 122 valence electrons. The smallest absolute Gasteiger partial charge is 0.320 e. The first-order valence-electron chi connectivity index (χ1n) is 7.62. The zero-order chi connectivity index (χ0) is 16.0. The number of nitrogens with zero attached hydrogens (tertiary/aromatic N) is 2. The van der Waals surface area contributed by atoms with Crippen LogP contribution in [-0.4, -0.2) is 65.1 Å². The maximum atomic E-state index is 12.6. The average molecular weight is 316 g/mol. The van der Waals surface area contributed by atoms with Gasteiger partial charge in [0.05, 0.1) is 5.41 Å². The van der Waals surface area contributed by atoms with Crippen LogP contribution in [0.25, 0.3) is 0 Å². The Morgan fingerprint density at radius 3 is 2.67 bits per heavy atom. The second-order valence-electron chi connectivity index (χ2n) is 6.06. The van der Waals surface area contributed by atoms with E-state index < -0.39 is 11.4 Å². The van der Waals surface area contributed by atoms with Crippen LogP contribution in [0.4, 0.5) is 4.79 Å². The molecule has 1 aliphatic rings. The minimum atomic E-state index is -0.762. The molecule has 0 bridgehead atoms. The maximum absolute atomic E-state index is 12.6. The number of carboxylic acid groups (broad SMARTS) is 1. The van der Waals surface area contributed by atoms with Crippen molar-refractivity contribution in [2.45, 2.75) is 45.6 Å². The Hall–Kier alpha value is -0.910. The van der Waals surface area contributed by atoms with Gasteiger partial charge in [0.15, 0.2) is 0 Å². The van der Waals surface area contributed by atoms with Crippen molar-refractivity contribution in [3.05, 3.63) is 0 Å². The van der Waals surface area contributed by atoms with E-state index in [0.29, 0.717) is 25.9 Å². The molecule has 2 amide bonds. The summed E-state index contributed by atoms with van der Waals surface area (Å²) in [5, 5.41) is 9.60. The molecule has 1 saturated heterocycles. The van der Waals surface area contributed by atoms with Crippen molar-refractivity contribution in [2.24, 2.45) is 5.41 Å². The molecule has 5 nitrogen and oxygen atoms in total. The average Bonchev–Trinajstić information content (AvgIpc) is 2.46. The van der Waals surface area contributed by atoms with Crippen LogP contribution in [0.2, 0.25) is 0 Å². The van der Waals surface area contributed by atoms with Crippen LogP contribution in [0.1, 0.15) is 39.5 Å². The number of likely N-dealkylation sites (tertiary alicyclic amines) is 1. The third kappa shape index (κ3) is 4.28. The Balaban J connectivity index is 2.79. The zero-order valence-electron chi connectivity index (χ0n) is 13.6. The lowest BCUT2D eigenvalue weighted by atomic mass is 9.76. The topological polar surface area (TPSA) is 60.9 Å². The highest BCUT2D eigenvalue weighted by molar-refractivity contribution is 7.98. The number of urea groups is 1. The van der Waals surface area contributed by atoms with Gasteiger partial charge < -0.3 is 14.9 Å². The third-order valence-corrected chi connectivity index (χ3v) is 5.22. The van der Waals surface area contributed by atoms with Crippen molar-refractivity contribution in [1.29, 1.82) is 0 Å². The summed E-state index contributed by atoms with van der Waals surface area (Å²) < 4.78 is 0. The SMILES string of the molecule is CCCC1(C(=O)O)CCCN(C(=O)N(C)C(C)CSC)C1. The van der Waals surface area contributed by atoms with Gasteiger partial charge in [0.1, 0.15) is 0 Å². The minimum absolute atomic E-state index is 0.0435. The number of thioether (sulfide) groups is 1. The van der Waals surface area contributed by atoms with Gasteiger partial charge in [-0.25, -0.2) is 4.79 Å². The van der Waals surface area contributed by atoms with Crippen LogP contribution in [0.5, 0.6) is 0 Å². The van der Waals surface area contributed by atoms with E-state index in [1.54, 1.807) is 28.6 Å². The van der Waals surface area contributed by atoms with E-state index in [1.165, 1.54) is 0 Å². The molecule has 2 atom stereocenters. The molecule has 1 rings (SSSR count). The van der Waals surface area contributed by atoms with Crippen LogP contribution in [0.3, 0.4) is 0 Å². The fourth-order valence-corrected chi connectivity index (χ4v) is 3.73. The molecule has 0 aliphatic carbocycles. The summed E-state index contributed by atoms with van der Waals surface area (Å²) in [5.74, 6) is 0.122. The maximum Gasteiger partial charge on any atom is 0.320 e. The predicted octanol–water partition coefficient (Wildman–Crippen LogP) is 2.76. The summed E-state index contributed by atoms with van der Waals surface area (Å²) in [6.07, 6.45) is 4.92. The van der Waals surface area contributed by atoms with Crippen LogP contribution >= 0.6 is 11.8 Å². The van der Waals surface area contributed by atoms with E-state index in [1.807, 2.05) is 20.1 Å². The van der Waals surface area contributed by atoms with Gasteiger partial charge in [0.25, 0.3) is 0 Å². The Kier molecular flexibility index (Phi) is 6.84. The van der Waals surface area contributed by atoms with Gasteiger partial charge in [-0.05, 0) is 32.4 Å². The van der Waals surface area contributed by atoms with E-state index >= 15 is 0 Å². The van der Waals surface area contributed by atoms with E-state index in [9.17, 15) is 14.7 Å². The minimum Gasteiger partial charge on any atom is -0.481 e. The van der Waals surface area contributed by atoms with E-state index in [-0.39, 0.29) is 12.1 Å². The Morgan fingerprint density at radius 1 is 1.48 bits per heavy atom. The number of rotatable bonds is 6. The molecule has 1 fully saturated rings. The van der Waals surface area contributed by atoms with Crippen LogP contribution in [-0.2, 0) is 4.79 Å². The quantitative estimate of drug-likeness (QED) is 0.818. The highest BCUT2D eigenvalue weighted by atomic mass is 32.2. The standard InChI is InChI=1S/C15H28N2O3S/c1-5-7-15(13(18)19)8-6-9-17(11-15)14(20)16(3)12(2)10-21-4/h12H,5-11H2,1-4H3,(H,18,19). The van der Waals surface area contributed by atoms with Crippen molar-refractivity contribution >= 4 is 23.8 Å². The predicted molar refractivity (Wildman–Crippen MR) is 86.8 cm³/mol. The first-order chi connectivity index (χ1) is 9.88. The summed E-state index contributed by atoms with van der Waals surface area (Å²) in [6.45, 7) is 5.02. The number of carbonyl (C=O) groups excluding carboxylic acids is 1. The molecule has 0 aromatic carbocycles. The lowest BCUT2D eigenvalue weighted by molar-refractivity contribution is -0.152. The molecule has 0 aromatic rings. The van der Waals surface area contributed by atoms with Gasteiger partial charge in [0, 0.05) is 31.9 Å². The fraction of sp³-hybridized carbons (Fsp3) is 0.867. The van der Waals surface area contributed by atoms with Crippen molar-refractivity contribution < 1.29 is 14.7 Å². The second kappa shape index (κ2) is 7.92. The number of piperidine rings is 1. The molecule has 2 unspecified atom stereocenters. The Bertz CT molecular complexity index is 374. The number of carboxylic acids is 1. The highest BCUT2D eigenvalue weighted by Crippen LogP contribution is 2.35. The molecule has 0 spiro atoms. The summed E-state index contributed by atoms with van der Waals surface area (Å²) in [5.41, 5.74) is -0.758. The Morgan fingerprint density at radius 2 is 2.14 bits per heavy atom. The van der Waals surface area contributed by atoms with Gasteiger partial charge in [-0.2, -0.15) is 11.8 Å². The molecule has 0 radical (unpaired) electrons. The van der Waals surface area contributed by atoms with Gasteiger partial charge in [-0.15, -0.1) is 0 Å². The lowest BCUT2D eigenvalue weighted by Crippen LogP contribution is -2.54. The molecule has 6 heteroatoms. The first-order valence-corrected chi connectivity index (χ1v) is 9.01. The fourth-order valence-electron chi connectivity index (χ4n) is 3.02. The van der Waals surface area contributed by atoms with Gasteiger partial charge in [0.2, 0.25) is 0 Å². The number of aliphatic carboxylic acids is 1. The third-order valence-electron chi connectivity index (χ3n) is 4.40. The number of hydrogen-bond acceptors (Lipinski definition) is 3.